The Morgan fingerprint density at radius 1 is 0.431 bits per heavy atom. The summed E-state index contributed by atoms with van der Waals surface area (Å²) in [6, 6.07) is 66.2. The molecule has 8 aromatic carbocycles. The van der Waals surface area contributed by atoms with Crippen molar-refractivity contribution in [3.05, 3.63) is 206 Å². The molecular formula is C53H36N2S2Si. The zero-order chi connectivity index (χ0) is 41.1. The van der Waals surface area contributed by atoms with E-state index in [9.17, 15) is 0 Å². The fourth-order valence-electron chi connectivity index (χ4n) is 8.94. The van der Waals surface area contributed by atoms with Crippen LogP contribution >= 0.6 is 23.5 Å². The van der Waals surface area contributed by atoms with Gasteiger partial charge in [0.1, 0.15) is 5.03 Å². The summed E-state index contributed by atoms with van der Waals surface area (Å²) in [5.41, 5.74) is 10.9. The Balaban J connectivity index is 1.16. The van der Waals surface area contributed by atoms with Gasteiger partial charge in [-0.1, -0.05) is 187 Å². The van der Waals surface area contributed by atoms with Gasteiger partial charge in [0.05, 0.1) is 5.32 Å². The molecule has 0 amide bonds. The van der Waals surface area contributed by atoms with Crippen molar-refractivity contribution in [1.82, 2.24) is 9.97 Å². The fraction of sp³-hybridized carbons (Fsp3) is 0.0189. The number of nitrogens with zero attached hydrogens (tertiary/aromatic N) is 2. The molecule has 58 heavy (non-hydrogen) atoms. The van der Waals surface area contributed by atoms with E-state index in [2.05, 4.69) is 182 Å². The highest BCUT2D eigenvalue weighted by molar-refractivity contribution is 8.01. The molecule has 1 spiro atoms. The second-order valence-electron chi connectivity index (χ2n) is 14.6. The van der Waals surface area contributed by atoms with Crippen molar-refractivity contribution in [2.75, 3.05) is 0 Å². The molecule has 1 aromatic heterocycles. The smallest absolute Gasteiger partial charge is 0.208 e. The van der Waals surface area contributed by atoms with Crippen LogP contribution in [0.25, 0.3) is 55.6 Å². The van der Waals surface area contributed by atoms with Crippen molar-refractivity contribution in [3.8, 4) is 55.6 Å². The van der Waals surface area contributed by atoms with E-state index in [1.165, 1.54) is 20.2 Å². The van der Waals surface area contributed by atoms with Gasteiger partial charge in [-0.3, -0.25) is 4.98 Å². The first-order valence-corrected chi connectivity index (χ1v) is 23.0. The van der Waals surface area contributed by atoms with Gasteiger partial charge in [-0.05, 0) is 108 Å². The Bertz CT molecular complexity index is 3000. The summed E-state index contributed by atoms with van der Waals surface area (Å²) < 4.78 is 26.7. The Morgan fingerprint density at radius 2 is 0.948 bits per heavy atom. The molecule has 274 valence electrons. The third-order valence-electron chi connectivity index (χ3n) is 11.5. The van der Waals surface area contributed by atoms with Crippen LogP contribution in [0.3, 0.4) is 0 Å². The molecule has 9 aromatic rings. The third kappa shape index (κ3) is 5.57. The summed E-state index contributed by atoms with van der Waals surface area (Å²) >= 11 is 3.35. The van der Waals surface area contributed by atoms with Crippen LogP contribution < -0.4 is 20.9 Å². The second kappa shape index (κ2) is 14.3. The van der Waals surface area contributed by atoms with E-state index in [1.807, 2.05) is 12.3 Å². The average molecular weight is 796 g/mol. The molecule has 0 N–H and O–H groups in total. The molecule has 0 radical (unpaired) electrons. The van der Waals surface area contributed by atoms with E-state index >= 15 is 0 Å². The van der Waals surface area contributed by atoms with Crippen LogP contribution in [0.5, 0.6) is 0 Å². The van der Waals surface area contributed by atoms with Gasteiger partial charge in [0, 0.05) is 31.2 Å². The number of hydrogen-bond acceptors (Lipinski definition) is 4. The van der Waals surface area contributed by atoms with E-state index < -0.39 is 14.9 Å². The van der Waals surface area contributed by atoms with Crippen molar-refractivity contribution < 1.29 is 4.11 Å². The van der Waals surface area contributed by atoms with Crippen LogP contribution in [0.1, 0.15) is 9.68 Å². The topological polar surface area (TPSA) is 25.8 Å². The second-order valence-corrected chi connectivity index (χ2v) is 20.3. The average Bonchev–Trinajstić information content (AvgIpc) is 3.31. The van der Waals surface area contributed by atoms with Crippen LogP contribution in [-0.2, 0) is 0 Å². The van der Waals surface area contributed by atoms with E-state index in [0.717, 1.165) is 76.1 Å². The molecule has 3 heterocycles. The van der Waals surface area contributed by atoms with Crippen molar-refractivity contribution in [2.45, 2.75) is 26.6 Å². The van der Waals surface area contributed by atoms with Crippen LogP contribution in [0.2, 0.25) is 0 Å². The van der Waals surface area contributed by atoms with Gasteiger partial charge in [0.25, 0.3) is 0 Å². The number of aryl methyl sites for hydroxylation is 1. The monoisotopic (exact) mass is 795 g/mol. The summed E-state index contributed by atoms with van der Waals surface area (Å²) in [5, 5.41) is 5.48. The number of benzene rings is 8. The van der Waals surface area contributed by atoms with Crippen molar-refractivity contribution in [3.63, 3.8) is 0 Å². The minimum atomic E-state index is -3.08. The molecule has 0 bridgehead atoms. The van der Waals surface area contributed by atoms with Gasteiger partial charge >= 0.3 is 0 Å². The van der Waals surface area contributed by atoms with Gasteiger partial charge in [-0.15, -0.1) is 0 Å². The SMILES string of the molecule is [2H]C([2H])([2H])c1ccc2c(c1-c1ccc(-c3c(-c4ccccc4)cc(-c4ccccc4)cc3-c3ccccc3)cc1)Sc1nccnc1[Si]21c2ccccc2Sc2ccccc21. The van der Waals surface area contributed by atoms with Gasteiger partial charge < -0.3 is 0 Å². The van der Waals surface area contributed by atoms with E-state index in [1.54, 1.807) is 29.7 Å². The molecular weight excluding hydrogens is 757 g/mol. The predicted octanol–water partition coefficient (Wildman–Crippen LogP) is 11.4. The molecule has 0 aliphatic carbocycles. The van der Waals surface area contributed by atoms with Crippen LogP contribution in [0, 0.1) is 6.85 Å². The zero-order valence-electron chi connectivity index (χ0n) is 34.3. The maximum atomic E-state index is 8.91. The lowest BCUT2D eigenvalue weighted by Crippen LogP contribution is -2.79. The summed E-state index contributed by atoms with van der Waals surface area (Å²) in [6.07, 6.45) is 3.57. The molecule has 0 atom stereocenters. The molecule has 2 nitrogen and oxygen atoms in total. The molecule has 2 aliphatic rings. The molecule has 0 unspecified atom stereocenters. The molecule has 5 heteroatoms. The maximum absolute atomic E-state index is 8.91. The van der Waals surface area contributed by atoms with Crippen LogP contribution in [-0.4, -0.2) is 18.0 Å². The summed E-state index contributed by atoms with van der Waals surface area (Å²) in [4.78, 5) is 13.5. The van der Waals surface area contributed by atoms with Crippen LogP contribution in [0.15, 0.2) is 220 Å². The third-order valence-corrected chi connectivity index (χ3v) is 19.2. The summed E-state index contributed by atoms with van der Waals surface area (Å²) in [6.45, 7) is -2.37. The lowest BCUT2D eigenvalue weighted by atomic mass is 9.84. The number of hydrogen-bond donors (Lipinski definition) is 0. The van der Waals surface area contributed by atoms with E-state index in [0.29, 0.717) is 5.56 Å². The molecule has 0 saturated heterocycles. The Hall–Kier alpha value is -6.24. The minimum absolute atomic E-state index is 0.330. The quantitative estimate of drug-likeness (QED) is 0.162. The first-order valence-electron chi connectivity index (χ1n) is 20.9. The molecule has 2 aliphatic heterocycles. The first kappa shape index (κ1) is 31.8. The predicted molar refractivity (Wildman–Crippen MR) is 246 cm³/mol. The Morgan fingerprint density at radius 3 is 1.53 bits per heavy atom. The number of fused-ring (bicyclic) bond motifs is 8. The molecule has 0 fully saturated rings. The fourth-order valence-corrected chi connectivity index (χ4v) is 17.9. The van der Waals surface area contributed by atoms with Gasteiger partial charge in [-0.2, -0.15) is 0 Å². The van der Waals surface area contributed by atoms with Gasteiger partial charge in [0.15, 0.2) is 0 Å². The summed E-state index contributed by atoms with van der Waals surface area (Å²) in [5.74, 6) is 0. The number of rotatable bonds is 5. The van der Waals surface area contributed by atoms with Crippen LogP contribution in [0.4, 0.5) is 0 Å². The highest BCUT2D eigenvalue weighted by Crippen LogP contribution is 2.46. The minimum Gasteiger partial charge on any atom is -0.260 e. The Kier molecular flexibility index (Phi) is 7.84. The standard InChI is InChI=1S/C53H36N2S2Si/c1-35-25-30-48-51(57-52-53(55-32-31-54-52)58(48)46-23-13-11-21-44(46)56-45-22-12-14-24-47(45)58)49(35)39-26-28-40(29-27-39)50-42(37-17-7-3-8-18-37)33-41(36-15-5-2-6-16-36)34-43(50)38-19-9-4-10-20-38/h2-34H,1H3/i1D3. The largest absolute Gasteiger partial charge is 0.260 e. The highest BCUT2D eigenvalue weighted by Gasteiger charge is 2.53. The molecule has 11 rings (SSSR count). The van der Waals surface area contributed by atoms with Gasteiger partial charge in [-0.25, -0.2) is 4.98 Å². The van der Waals surface area contributed by atoms with Crippen molar-refractivity contribution in [1.29, 1.82) is 0 Å². The zero-order valence-corrected chi connectivity index (χ0v) is 33.9. The highest BCUT2D eigenvalue weighted by atomic mass is 32.2. The number of aromatic nitrogens is 2. The van der Waals surface area contributed by atoms with E-state index in [-0.39, 0.29) is 0 Å². The van der Waals surface area contributed by atoms with Crippen molar-refractivity contribution in [2.24, 2.45) is 0 Å². The summed E-state index contributed by atoms with van der Waals surface area (Å²) in [7, 11) is -3.08. The first-order chi connectivity index (χ1) is 29.9. The Labute approximate surface area is 353 Å². The van der Waals surface area contributed by atoms with Gasteiger partial charge in [0.2, 0.25) is 8.07 Å². The maximum Gasteiger partial charge on any atom is 0.208 e. The van der Waals surface area contributed by atoms with E-state index in [4.69, 9.17) is 14.1 Å². The van der Waals surface area contributed by atoms with Crippen molar-refractivity contribution >= 4 is 52.5 Å². The lowest BCUT2D eigenvalue weighted by molar-refractivity contribution is 1.08. The normalized spacial score (nSPS) is 14.2. The molecule has 0 saturated carbocycles. The lowest BCUT2D eigenvalue weighted by Gasteiger charge is -2.42.